The van der Waals surface area contributed by atoms with E-state index in [1.165, 1.54) is 6.20 Å². The molecule has 1 radical (unpaired) electrons. The topological polar surface area (TPSA) is 55.1 Å². The van der Waals surface area contributed by atoms with E-state index in [2.05, 4.69) is 5.10 Å². The van der Waals surface area contributed by atoms with E-state index in [4.69, 9.17) is 5.11 Å². The summed E-state index contributed by atoms with van der Waals surface area (Å²) in [7, 11) is 0. The van der Waals surface area contributed by atoms with Crippen molar-refractivity contribution in [2.45, 2.75) is 19.4 Å². The maximum atomic E-state index is 10.6. The normalized spacial score (nSPS) is 13.7. The standard InChI is InChI=1S/C7H8N2O2.K/c10-7(11)5-4-8-9-3-1-2-6(5)9;/h4H,1-3H2,(H,10,11);. The van der Waals surface area contributed by atoms with Crippen molar-refractivity contribution in [1.29, 1.82) is 0 Å². The van der Waals surface area contributed by atoms with Gasteiger partial charge < -0.3 is 5.11 Å². The molecule has 0 atom stereocenters. The Morgan fingerprint density at radius 3 is 3.08 bits per heavy atom. The van der Waals surface area contributed by atoms with Crippen molar-refractivity contribution in [3.05, 3.63) is 17.5 Å². The minimum absolute atomic E-state index is 0. The Morgan fingerprint density at radius 1 is 1.67 bits per heavy atom. The summed E-state index contributed by atoms with van der Waals surface area (Å²) >= 11 is 0. The molecule has 0 saturated carbocycles. The summed E-state index contributed by atoms with van der Waals surface area (Å²) in [5, 5.41) is 12.6. The first-order valence-electron chi connectivity index (χ1n) is 3.57. The largest absolute Gasteiger partial charge is 0.478 e. The number of hydrogen-bond donors (Lipinski definition) is 1. The summed E-state index contributed by atoms with van der Waals surface area (Å²) in [6.07, 6.45) is 3.29. The maximum Gasteiger partial charge on any atom is 0.339 e. The van der Waals surface area contributed by atoms with Crippen molar-refractivity contribution < 1.29 is 9.90 Å². The fourth-order valence-electron chi connectivity index (χ4n) is 1.44. The zero-order valence-electron chi connectivity index (χ0n) is 6.95. The van der Waals surface area contributed by atoms with Crippen molar-refractivity contribution in [1.82, 2.24) is 9.78 Å². The molecule has 59 valence electrons. The van der Waals surface area contributed by atoms with E-state index in [0.717, 1.165) is 25.1 Å². The van der Waals surface area contributed by atoms with Crippen LogP contribution in [0.4, 0.5) is 0 Å². The number of carboxylic acids is 1. The summed E-state index contributed by atoms with van der Waals surface area (Å²) in [6, 6.07) is 0. The number of aryl methyl sites for hydroxylation is 1. The van der Waals surface area contributed by atoms with E-state index < -0.39 is 5.97 Å². The Labute approximate surface area is 112 Å². The van der Waals surface area contributed by atoms with Gasteiger partial charge in [-0.15, -0.1) is 0 Å². The van der Waals surface area contributed by atoms with Crippen LogP contribution in [-0.4, -0.2) is 72.2 Å². The minimum atomic E-state index is -0.867. The molecular weight excluding hydrogens is 183 g/mol. The summed E-state index contributed by atoms with van der Waals surface area (Å²) in [5.41, 5.74) is 1.24. The molecule has 2 heterocycles. The van der Waals surface area contributed by atoms with Crippen molar-refractivity contribution >= 4 is 57.4 Å². The Bertz CT molecular complexity index is 308. The molecule has 0 aliphatic carbocycles. The van der Waals surface area contributed by atoms with Crippen LogP contribution in [0.1, 0.15) is 22.5 Å². The number of aromatic nitrogens is 2. The van der Waals surface area contributed by atoms with E-state index in [9.17, 15) is 4.79 Å². The monoisotopic (exact) mass is 191 g/mol. The summed E-state index contributed by atoms with van der Waals surface area (Å²) in [4.78, 5) is 10.6. The van der Waals surface area contributed by atoms with Gasteiger partial charge in [0.2, 0.25) is 0 Å². The molecule has 1 N–H and O–H groups in total. The molecule has 1 aliphatic heterocycles. The number of fused-ring (bicyclic) bond motifs is 1. The van der Waals surface area contributed by atoms with Gasteiger partial charge in [-0.3, -0.25) is 4.68 Å². The van der Waals surface area contributed by atoms with E-state index in [0.29, 0.717) is 5.56 Å². The summed E-state index contributed by atoms with van der Waals surface area (Å²) in [5.74, 6) is -0.867. The smallest absolute Gasteiger partial charge is 0.339 e. The fraction of sp³-hybridized carbons (Fsp3) is 0.429. The van der Waals surface area contributed by atoms with Crippen LogP contribution in [0.2, 0.25) is 0 Å². The van der Waals surface area contributed by atoms with Crippen molar-refractivity contribution in [2.24, 2.45) is 0 Å². The van der Waals surface area contributed by atoms with Crippen molar-refractivity contribution in [3.8, 4) is 0 Å². The molecule has 0 aromatic carbocycles. The number of carbonyl (C=O) groups is 1. The number of aromatic carboxylic acids is 1. The molecule has 0 amide bonds. The van der Waals surface area contributed by atoms with Crippen LogP contribution in [0.25, 0.3) is 0 Å². The molecule has 5 heteroatoms. The third kappa shape index (κ3) is 1.65. The van der Waals surface area contributed by atoms with E-state index >= 15 is 0 Å². The molecule has 0 spiro atoms. The van der Waals surface area contributed by atoms with Gasteiger partial charge in [-0.1, -0.05) is 0 Å². The van der Waals surface area contributed by atoms with Crippen LogP contribution in [0.15, 0.2) is 6.20 Å². The molecule has 0 saturated heterocycles. The first-order chi connectivity index (χ1) is 5.29. The van der Waals surface area contributed by atoms with Crippen molar-refractivity contribution in [2.75, 3.05) is 0 Å². The molecular formula is C7H8KN2O2. The van der Waals surface area contributed by atoms with Crippen LogP contribution >= 0.6 is 0 Å². The maximum absolute atomic E-state index is 10.6. The Kier molecular flexibility index (Phi) is 3.48. The molecule has 0 unspecified atom stereocenters. The number of hydrogen-bond acceptors (Lipinski definition) is 2. The first kappa shape index (κ1) is 10.4. The molecule has 1 aromatic rings. The third-order valence-electron chi connectivity index (χ3n) is 1.96. The van der Waals surface area contributed by atoms with Gasteiger partial charge in [0.1, 0.15) is 5.56 Å². The quantitative estimate of drug-likeness (QED) is 0.643. The summed E-state index contributed by atoms with van der Waals surface area (Å²) in [6.45, 7) is 0.864. The van der Waals surface area contributed by atoms with Crippen LogP contribution in [0.3, 0.4) is 0 Å². The van der Waals surface area contributed by atoms with Crippen LogP contribution in [0.5, 0.6) is 0 Å². The summed E-state index contributed by atoms with van der Waals surface area (Å²) < 4.78 is 1.77. The zero-order valence-corrected chi connectivity index (χ0v) is 10.1. The Balaban J connectivity index is 0.000000720. The van der Waals surface area contributed by atoms with Gasteiger partial charge in [0.15, 0.2) is 0 Å². The zero-order chi connectivity index (χ0) is 7.84. The van der Waals surface area contributed by atoms with Gasteiger partial charge in [0.05, 0.1) is 11.9 Å². The van der Waals surface area contributed by atoms with Crippen LogP contribution in [-0.2, 0) is 13.0 Å². The van der Waals surface area contributed by atoms with Gasteiger partial charge in [0, 0.05) is 57.9 Å². The van der Waals surface area contributed by atoms with Gasteiger partial charge in [-0.2, -0.15) is 5.10 Å². The first-order valence-corrected chi connectivity index (χ1v) is 3.57. The predicted octanol–water partition coefficient (Wildman–Crippen LogP) is 0.147. The third-order valence-corrected chi connectivity index (χ3v) is 1.96. The number of nitrogens with zero attached hydrogens (tertiary/aromatic N) is 2. The van der Waals surface area contributed by atoms with Gasteiger partial charge in [-0.05, 0) is 12.8 Å². The SMILES string of the molecule is O=C(O)c1cnn2c1CCC2.[K]. The van der Waals surface area contributed by atoms with Gasteiger partial charge in [-0.25, -0.2) is 4.79 Å². The molecule has 2 rings (SSSR count). The molecule has 12 heavy (non-hydrogen) atoms. The number of rotatable bonds is 1. The van der Waals surface area contributed by atoms with E-state index in [1.807, 2.05) is 0 Å². The fourth-order valence-corrected chi connectivity index (χ4v) is 1.44. The second kappa shape index (κ2) is 4.02. The van der Waals surface area contributed by atoms with E-state index in [-0.39, 0.29) is 51.4 Å². The molecule has 0 fully saturated rings. The molecule has 0 bridgehead atoms. The second-order valence-corrected chi connectivity index (χ2v) is 2.64. The van der Waals surface area contributed by atoms with Crippen molar-refractivity contribution in [3.63, 3.8) is 0 Å². The van der Waals surface area contributed by atoms with Crippen LogP contribution < -0.4 is 0 Å². The molecule has 4 nitrogen and oxygen atoms in total. The molecule has 1 aliphatic rings. The minimum Gasteiger partial charge on any atom is -0.478 e. The van der Waals surface area contributed by atoms with Gasteiger partial charge in [0.25, 0.3) is 0 Å². The Hall–Kier alpha value is 0.316. The van der Waals surface area contributed by atoms with Gasteiger partial charge >= 0.3 is 5.97 Å². The number of carboxylic acid groups (broad SMARTS) is 1. The Morgan fingerprint density at radius 2 is 2.42 bits per heavy atom. The average molecular weight is 191 g/mol. The predicted molar refractivity (Wildman–Crippen MR) is 43.3 cm³/mol. The van der Waals surface area contributed by atoms with Crippen LogP contribution in [0, 0.1) is 0 Å². The average Bonchev–Trinajstić information content (AvgIpc) is 2.41. The van der Waals surface area contributed by atoms with E-state index in [1.54, 1.807) is 4.68 Å². The second-order valence-electron chi connectivity index (χ2n) is 2.64. The molecule has 1 aromatic heterocycles.